The van der Waals surface area contributed by atoms with E-state index in [9.17, 15) is 9.90 Å². The van der Waals surface area contributed by atoms with Crippen molar-refractivity contribution in [3.05, 3.63) is 47.7 Å². The SMILES string of the molecule is CCCC[NH2+]Cc1ccc(-c2cccc(C(=O)[O-])c2)o1. The zero-order valence-corrected chi connectivity index (χ0v) is 11.6. The van der Waals surface area contributed by atoms with Gasteiger partial charge in [-0.3, -0.25) is 0 Å². The molecule has 1 aromatic carbocycles. The van der Waals surface area contributed by atoms with Gasteiger partial charge in [0.1, 0.15) is 12.3 Å². The molecule has 106 valence electrons. The topological polar surface area (TPSA) is 69.9 Å². The normalized spacial score (nSPS) is 10.7. The molecule has 0 aliphatic heterocycles. The molecular formula is C16H19NO3. The average molecular weight is 273 g/mol. The fourth-order valence-electron chi connectivity index (χ4n) is 2.03. The number of rotatable bonds is 7. The summed E-state index contributed by atoms with van der Waals surface area (Å²) in [6, 6.07) is 10.4. The fraction of sp³-hybridized carbons (Fsp3) is 0.312. The van der Waals surface area contributed by atoms with Crippen molar-refractivity contribution in [1.82, 2.24) is 0 Å². The molecule has 0 saturated heterocycles. The van der Waals surface area contributed by atoms with Gasteiger partial charge in [-0.1, -0.05) is 31.5 Å². The van der Waals surface area contributed by atoms with Crippen molar-refractivity contribution in [1.29, 1.82) is 0 Å². The summed E-state index contributed by atoms with van der Waals surface area (Å²) in [5.74, 6) is 0.411. The van der Waals surface area contributed by atoms with Crippen molar-refractivity contribution in [3.8, 4) is 11.3 Å². The van der Waals surface area contributed by atoms with Crippen LogP contribution in [0.25, 0.3) is 11.3 Å². The molecule has 0 radical (unpaired) electrons. The van der Waals surface area contributed by atoms with Crippen molar-refractivity contribution >= 4 is 5.97 Å². The quantitative estimate of drug-likeness (QED) is 0.770. The Labute approximate surface area is 118 Å². The number of nitrogens with two attached hydrogens (primary N) is 1. The van der Waals surface area contributed by atoms with E-state index >= 15 is 0 Å². The number of aromatic carboxylic acids is 1. The second-order valence-corrected chi connectivity index (χ2v) is 4.77. The molecule has 0 unspecified atom stereocenters. The lowest BCUT2D eigenvalue weighted by Gasteiger charge is -2.04. The number of carbonyl (C=O) groups excluding carboxylic acids is 1. The summed E-state index contributed by atoms with van der Waals surface area (Å²) in [5.41, 5.74) is 0.918. The summed E-state index contributed by atoms with van der Waals surface area (Å²) in [6.07, 6.45) is 2.39. The second-order valence-electron chi connectivity index (χ2n) is 4.77. The van der Waals surface area contributed by atoms with E-state index in [2.05, 4.69) is 12.2 Å². The first kappa shape index (κ1) is 14.3. The second kappa shape index (κ2) is 6.91. The molecule has 2 N–H and O–H groups in total. The van der Waals surface area contributed by atoms with Crippen LogP contribution in [0.5, 0.6) is 0 Å². The van der Waals surface area contributed by atoms with Crippen LogP contribution in [0.2, 0.25) is 0 Å². The molecule has 0 atom stereocenters. The smallest absolute Gasteiger partial charge is 0.158 e. The summed E-state index contributed by atoms with van der Waals surface area (Å²) in [5, 5.41) is 13.1. The number of hydrogen-bond acceptors (Lipinski definition) is 3. The van der Waals surface area contributed by atoms with E-state index in [1.54, 1.807) is 12.1 Å². The van der Waals surface area contributed by atoms with Gasteiger partial charge in [0.2, 0.25) is 0 Å². The van der Waals surface area contributed by atoms with E-state index in [-0.39, 0.29) is 5.56 Å². The van der Waals surface area contributed by atoms with Crippen molar-refractivity contribution in [3.63, 3.8) is 0 Å². The van der Waals surface area contributed by atoms with Crippen LogP contribution >= 0.6 is 0 Å². The maximum absolute atomic E-state index is 10.8. The number of quaternary nitrogens is 1. The van der Waals surface area contributed by atoms with E-state index < -0.39 is 5.97 Å². The lowest BCUT2D eigenvalue weighted by atomic mass is 10.1. The highest BCUT2D eigenvalue weighted by Gasteiger charge is 2.07. The number of furan rings is 1. The van der Waals surface area contributed by atoms with Gasteiger partial charge in [0.25, 0.3) is 0 Å². The molecule has 0 fully saturated rings. The van der Waals surface area contributed by atoms with Gasteiger partial charge >= 0.3 is 0 Å². The molecule has 0 aliphatic rings. The Morgan fingerprint density at radius 1 is 1.30 bits per heavy atom. The van der Waals surface area contributed by atoms with Crippen molar-refractivity contribution in [2.45, 2.75) is 26.3 Å². The number of hydrogen-bond donors (Lipinski definition) is 1. The molecule has 2 aromatic rings. The third-order valence-electron chi connectivity index (χ3n) is 3.15. The minimum absolute atomic E-state index is 0.162. The predicted molar refractivity (Wildman–Crippen MR) is 73.9 cm³/mol. The average Bonchev–Trinajstić information content (AvgIpc) is 2.92. The Morgan fingerprint density at radius 2 is 2.15 bits per heavy atom. The summed E-state index contributed by atoms with van der Waals surface area (Å²) >= 11 is 0. The van der Waals surface area contributed by atoms with E-state index in [1.165, 1.54) is 18.9 Å². The molecule has 0 bridgehead atoms. The molecule has 1 aromatic heterocycles. The first-order valence-corrected chi connectivity index (χ1v) is 6.93. The lowest BCUT2D eigenvalue weighted by molar-refractivity contribution is -0.672. The monoisotopic (exact) mass is 273 g/mol. The largest absolute Gasteiger partial charge is 0.545 e. The zero-order valence-electron chi connectivity index (χ0n) is 11.6. The van der Waals surface area contributed by atoms with Crippen LogP contribution in [0, 0.1) is 0 Å². The first-order chi connectivity index (χ1) is 9.70. The molecule has 0 amide bonds. The molecule has 0 spiro atoms. The number of benzene rings is 1. The summed E-state index contributed by atoms with van der Waals surface area (Å²) in [4.78, 5) is 10.8. The van der Waals surface area contributed by atoms with Gasteiger partial charge in [-0.25, -0.2) is 0 Å². The molecule has 4 heteroatoms. The van der Waals surface area contributed by atoms with Gasteiger partial charge in [-0.05, 0) is 30.2 Å². The maximum atomic E-state index is 10.8. The summed E-state index contributed by atoms with van der Waals surface area (Å²) in [7, 11) is 0. The molecule has 1 heterocycles. The Morgan fingerprint density at radius 3 is 2.90 bits per heavy atom. The number of carboxylic acids is 1. The Bertz CT molecular complexity index is 575. The number of carboxylic acid groups (broad SMARTS) is 1. The van der Waals surface area contributed by atoms with Crippen molar-refractivity contribution < 1.29 is 19.6 Å². The number of carbonyl (C=O) groups is 1. The summed E-state index contributed by atoms with van der Waals surface area (Å²) < 4.78 is 5.74. The Balaban J connectivity index is 2.04. The molecule has 0 aliphatic carbocycles. The highest BCUT2D eigenvalue weighted by atomic mass is 16.4. The van der Waals surface area contributed by atoms with Gasteiger partial charge in [-0.15, -0.1) is 0 Å². The third kappa shape index (κ3) is 3.71. The minimum Gasteiger partial charge on any atom is -0.545 e. The number of unbranched alkanes of at least 4 members (excludes halogenated alkanes) is 1. The van der Waals surface area contributed by atoms with Gasteiger partial charge in [-0.2, -0.15) is 0 Å². The summed E-state index contributed by atoms with van der Waals surface area (Å²) in [6.45, 7) is 4.07. The van der Waals surface area contributed by atoms with Gasteiger partial charge in [0.15, 0.2) is 5.76 Å². The predicted octanol–water partition coefficient (Wildman–Crippen LogP) is 1.17. The van der Waals surface area contributed by atoms with Gasteiger partial charge < -0.3 is 19.6 Å². The van der Waals surface area contributed by atoms with Gasteiger partial charge in [0.05, 0.1) is 12.5 Å². The maximum Gasteiger partial charge on any atom is 0.158 e. The third-order valence-corrected chi connectivity index (χ3v) is 3.15. The zero-order chi connectivity index (χ0) is 14.4. The van der Waals surface area contributed by atoms with Crippen molar-refractivity contribution in [2.75, 3.05) is 6.54 Å². The van der Waals surface area contributed by atoms with E-state index in [1.807, 2.05) is 18.2 Å². The lowest BCUT2D eigenvalue weighted by Crippen LogP contribution is -2.82. The molecule has 2 rings (SSSR count). The van der Waals surface area contributed by atoms with Crippen LogP contribution in [-0.2, 0) is 6.54 Å². The standard InChI is InChI=1S/C16H19NO3/c1-2-3-9-17-11-14-7-8-15(20-14)12-5-4-6-13(10-12)16(18)19/h4-8,10,17H,2-3,9,11H2,1H3,(H,18,19). The van der Waals surface area contributed by atoms with Crippen LogP contribution < -0.4 is 10.4 Å². The minimum atomic E-state index is -1.17. The Kier molecular flexibility index (Phi) is 4.96. The van der Waals surface area contributed by atoms with Crippen molar-refractivity contribution in [2.24, 2.45) is 0 Å². The van der Waals surface area contributed by atoms with Crippen LogP contribution in [0.1, 0.15) is 35.9 Å². The van der Waals surface area contributed by atoms with Gasteiger partial charge in [0, 0.05) is 5.56 Å². The van der Waals surface area contributed by atoms with E-state index in [0.717, 1.165) is 24.4 Å². The molecular weight excluding hydrogens is 254 g/mol. The molecule has 20 heavy (non-hydrogen) atoms. The van der Waals surface area contributed by atoms with Crippen LogP contribution in [-0.4, -0.2) is 12.5 Å². The molecule has 0 saturated carbocycles. The van der Waals surface area contributed by atoms with Crippen LogP contribution in [0.3, 0.4) is 0 Å². The van der Waals surface area contributed by atoms with Crippen LogP contribution in [0.4, 0.5) is 0 Å². The highest BCUT2D eigenvalue weighted by Crippen LogP contribution is 2.22. The first-order valence-electron chi connectivity index (χ1n) is 6.93. The fourth-order valence-corrected chi connectivity index (χ4v) is 2.03. The highest BCUT2D eigenvalue weighted by molar-refractivity contribution is 5.87. The van der Waals surface area contributed by atoms with E-state index in [4.69, 9.17) is 4.42 Å². The molecule has 4 nitrogen and oxygen atoms in total. The van der Waals surface area contributed by atoms with E-state index in [0.29, 0.717) is 5.76 Å². The Hall–Kier alpha value is -2.07. The van der Waals surface area contributed by atoms with Crippen LogP contribution in [0.15, 0.2) is 40.8 Å².